The third-order valence-corrected chi connectivity index (χ3v) is 5.98. The molecule has 1 heterocycles. The van der Waals surface area contributed by atoms with Crippen molar-refractivity contribution in [1.82, 2.24) is 4.90 Å². The van der Waals surface area contributed by atoms with E-state index < -0.39 is 0 Å². The number of hydrogen-bond acceptors (Lipinski definition) is 2. The van der Waals surface area contributed by atoms with Crippen LogP contribution >= 0.6 is 46.4 Å². The van der Waals surface area contributed by atoms with Crippen LogP contribution in [0.15, 0.2) is 36.4 Å². The number of anilines is 1. The van der Waals surface area contributed by atoms with Crippen LogP contribution in [0.2, 0.25) is 20.1 Å². The smallest absolute Gasteiger partial charge is 0.227 e. The van der Waals surface area contributed by atoms with Gasteiger partial charge in [0.05, 0.1) is 20.8 Å². The fourth-order valence-electron chi connectivity index (χ4n) is 3.07. The molecule has 1 N–H and O–H groups in total. The zero-order valence-corrected chi connectivity index (χ0v) is 17.0. The summed E-state index contributed by atoms with van der Waals surface area (Å²) in [5.74, 6) is -0.0919. The molecule has 0 unspecified atom stereocenters. The number of rotatable bonds is 4. The molecule has 0 spiro atoms. The number of nitrogens with one attached hydrogen (secondary N) is 1. The van der Waals surface area contributed by atoms with Gasteiger partial charge in [0, 0.05) is 17.5 Å². The molecule has 1 amide bonds. The summed E-state index contributed by atoms with van der Waals surface area (Å²) in [6.07, 6.45) is 1.57. The first kappa shape index (κ1) is 19.8. The predicted octanol–water partition coefficient (Wildman–Crippen LogP) is 6.15. The van der Waals surface area contributed by atoms with E-state index >= 15 is 0 Å². The number of carbonyl (C=O) groups excluding carboxylic acids is 1. The molecule has 0 bridgehead atoms. The molecular weight excluding hydrogens is 414 g/mol. The van der Waals surface area contributed by atoms with Crippen LogP contribution in [-0.4, -0.2) is 23.9 Å². The Bertz CT molecular complexity index is 804. The molecule has 1 saturated heterocycles. The summed E-state index contributed by atoms with van der Waals surface area (Å²) in [5, 5.41) is 4.75. The van der Waals surface area contributed by atoms with Crippen LogP contribution in [0.4, 0.5) is 5.69 Å². The predicted molar refractivity (Wildman–Crippen MR) is 110 cm³/mol. The van der Waals surface area contributed by atoms with E-state index in [1.54, 1.807) is 6.07 Å². The molecule has 3 rings (SSSR count). The van der Waals surface area contributed by atoms with Gasteiger partial charge < -0.3 is 5.32 Å². The Labute approximate surface area is 173 Å². The Hall–Kier alpha value is -0.970. The third kappa shape index (κ3) is 4.85. The average molecular weight is 432 g/mol. The molecule has 3 nitrogen and oxygen atoms in total. The molecule has 138 valence electrons. The molecule has 2 aromatic rings. The Morgan fingerprint density at radius 2 is 1.62 bits per heavy atom. The van der Waals surface area contributed by atoms with Gasteiger partial charge in [-0.25, -0.2) is 0 Å². The summed E-state index contributed by atoms with van der Waals surface area (Å²) >= 11 is 24.3. The lowest BCUT2D eigenvalue weighted by atomic mass is 9.95. The first-order chi connectivity index (χ1) is 12.4. The Kier molecular flexibility index (Phi) is 6.70. The van der Waals surface area contributed by atoms with Gasteiger partial charge in [0.1, 0.15) is 0 Å². The highest BCUT2D eigenvalue weighted by Crippen LogP contribution is 2.33. The number of piperidine rings is 1. The Morgan fingerprint density at radius 1 is 0.962 bits per heavy atom. The van der Waals surface area contributed by atoms with Crippen molar-refractivity contribution in [2.45, 2.75) is 19.4 Å². The Balaban J connectivity index is 1.55. The standard InChI is InChI=1S/C19H18Cl4N2O/c20-14-4-2-1-3-13(14)11-25-7-5-12(6-8-25)19(26)24-18-10-16(22)15(21)9-17(18)23/h1-4,9-10,12H,5-8,11H2,(H,24,26). The number of hydrogen-bond donors (Lipinski definition) is 1. The van der Waals surface area contributed by atoms with Gasteiger partial charge in [-0.15, -0.1) is 0 Å². The van der Waals surface area contributed by atoms with E-state index in [4.69, 9.17) is 46.4 Å². The summed E-state index contributed by atoms with van der Waals surface area (Å²) in [5.41, 5.74) is 1.60. The molecular formula is C19H18Cl4N2O. The quantitative estimate of drug-likeness (QED) is 0.588. The van der Waals surface area contributed by atoms with Crippen LogP contribution < -0.4 is 5.32 Å². The minimum atomic E-state index is -0.0528. The van der Waals surface area contributed by atoms with Crippen LogP contribution in [0, 0.1) is 5.92 Å². The van der Waals surface area contributed by atoms with Gasteiger partial charge in [-0.1, -0.05) is 64.6 Å². The molecule has 26 heavy (non-hydrogen) atoms. The first-order valence-electron chi connectivity index (χ1n) is 8.35. The summed E-state index contributed by atoms with van der Waals surface area (Å²) in [6.45, 7) is 2.49. The van der Waals surface area contributed by atoms with Gasteiger partial charge in [-0.05, 0) is 49.7 Å². The van der Waals surface area contributed by atoms with E-state index in [1.165, 1.54) is 6.07 Å². The molecule has 0 aromatic heterocycles. The van der Waals surface area contributed by atoms with Crippen LogP contribution in [0.3, 0.4) is 0 Å². The molecule has 2 aromatic carbocycles. The van der Waals surface area contributed by atoms with Crippen molar-refractivity contribution in [2.75, 3.05) is 18.4 Å². The van der Waals surface area contributed by atoms with Gasteiger partial charge in [-0.3, -0.25) is 9.69 Å². The minimum absolute atomic E-state index is 0.0392. The SMILES string of the molecule is O=C(Nc1cc(Cl)c(Cl)cc1Cl)C1CCN(Cc2ccccc2Cl)CC1. The van der Waals surface area contributed by atoms with E-state index in [0.29, 0.717) is 20.8 Å². The van der Waals surface area contributed by atoms with Crippen LogP contribution in [-0.2, 0) is 11.3 Å². The minimum Gasteiger partial charge on any atom is -0.324 e. The zero-order chi connectivity index (χ0) is 18.7. The van der Waals surface area contributed by atoms with Gasteiger partial charge in [0.25, 0.3) is 0 Å². The lowest BCUT2D eigenvalue weighted by molar-refractivity contribution is -0.121. The van der Waals surface area contributed by atoms with Gasteiger partial charge in [-0.2, -0.15) is 0 Å². The maximum absolute atomic E-state index is 12.5. The highest BCUT2D eigenvalue weighted by molar-refractivity contribution is 6.44. The van der Waals surface area contributed by atoms with E-state index in [0.717, 1.165) is 43.1 Å². The topological polar surface area (TPSA) is 32.3 Å². The van der Waals surface area contributed by atoms with E-state index in [-0.39, 0.29) is 11.8 Å². The van der Waals surface area contributed by atoms with Crippen molar-refractivity contribution in [3.05, 3.63) is 62.1 Å². The number of nitrogens with zero attached hydrogens (tertiary/aromatic N) is 1. The lowest BCUT2D eigenvalue weighted by Crippen LogP contribution is -2.37. The molecule has 1 aliphatic rings. The van der Waals surface area contributed by atoms with Crippen molar-refractivity contribution in [3.63, 3.8) is 0 Å². The molecule has 0 radical (unpaired) electrons. The summed E-state index contributed by atoms with van der Waals surface area (Å²) < 4.78 is 0. The summed E-state index contributed by atoms with van der Waals surface area (Å²) in [6, 6.07) is 11.0. The van der Waals surface area contributed by atoms with Crippen molar-refractivity contribution >= 4 is 58.0 Å². The second-order valence-corrected chi connectivity index (χ2v) is 8.01. The van der Waals surface area contributed by atoms with Gasteiger partial charge in [0.2, 0.25) is 5.91 Å². The van der Waals surface area contributed by atoms with Crippen molar-refractivity contribution in [1.29, 1.82) is 0 Å². The highest BCUT2D eigenvalue weighted by atomic mass is 35.5. The second-order valence-electron chi connectivity index (χ2n) is 6.38. The van der Waals surface area contributed by atoms with Crippen LogP contribution in [0.5, 0.6) is 0 Å². The monoisotopic (exact) mass is 430 g/mol. The highest BCUT2D eigenvalue weighted by Gasteiger charge is 2.26. The molecule has 0 aliphatic carbocycles. The van der Waals surface area contributed by atoms with Crippen molar-refractivity contribution in [2.24, 2.45) is 5.92 Å². The van der Waals surface area contributed by atoms with E-state index in [2.05, 4.69) is 10.2 Å². The zero-order valence-electron chi connectivity index (χ0n) is 13.9. The lowest BCUT2D eigenvalue weighted by Gasteiger charge is -2.31. The molecule has 0 saturated carbocycles. The molecule has 7 heteroatoms. The normalized spacial score (nSPS) is 15.8. The van der Waals surface area contributed by atoms with Crippen molar-refractivity contribution < 1.29 is 4.79 Å². The number of benzene rings is 2. The van der Waals surface area contributed by atoms with Crippen LogP contribution in [0.1, 0.15) is 18.4 Å². The Morgan fingerprint density at radius 3 is 2.31 bits per heavy atom. The van der Waals surface area contributed by atoms with Gasteiger partial charge in [0.15, 0.2) is 0 Å². The molecule has 0 atom stereocenters. The van der Waals surface area contributed by atoms with Gasteiger partial charge >= 0.3 is 0 Å². The van der Waals surface area contributed by atoms with Crippen LogP contribution in [0.25, 0.3) is 0 Å². The third-order valence-electron chi connectivity index (χ3n) is 4.58. The number of likely N-dealkylation sites (tertiary alicyclic amines) is 1. The average Bonchev–Trinajstić information content (AvgIpc) is 2.62. The maximum Gasteiger partial charge on any atom is 0.227 e. The first-order valence-corrected chi connectivity index (χ1v) is 9.86. The van der Waals surface area contributed by atoms with E-state index in [1.807, 2.05) is 24.3 Å². The largest absolute Gasteiger partial charge is 0.324 e. The van der Waals surface area contributed by atoms with E-state index in [9.17, 15) is 4.79 Å². The van der Waals surface area contributed by atoms with Crippen molar-refractivity contribution in [3.8, 4) is 0 Å². The fourth-order valence-corrected chi connectivity index (χ4v) is 3.86. The number of amides is 1. The summed E-state index contributed by atoms with van der Waals surface area (Å²) in [4.78, 5) is 14.9. The summed E-state index contributed by atoms with van der Waals surface area (Å²) in [7, 11) is 0. The molecule has 1 aliphatic heterocycles. The molecule has 1 fully saturated rings. The second kappa shape index (κ2) is 8.81. The maximum atomic E-state index is 12.5. The number of carbonyl (C=O) groups is 1. The fraction of sp³-hybridized carbons (Fsp3) is 0.316. The number of halogens is 4.